The number of hydrogen-bond acceptors (Lipinski definition) is 1. The first kappa shape index (κ1) is 10.2. The SMILES string of the molecule is CC1CCc2c(Br)cccc2C1CN. The zero-order valence-electron chi connectivity index (χ0n) is 8.46. The molecule has 0 fully saturated rings. The summed E-state index contributed by atoms with van der Waals surface area (Å²) < 4.78 is 1.25. The van der Waals surface area contributed by atoms with E-state index in [2.05, 4.69) is 41.1 Å². The Morgan fingerprint density at radius 1 is 1.50 bits per heavy atom. The topological polar surface area (TPSA) is 26.0 Å². The molecule has 0 bridgehead atoms. The maximum atomic E-state index is 5.84. The fourth-order valence-corrected chi connectivity index (χ4v) is 3.01. The zero-order valence-corrected chi connectivity index (χ0v) is 10.0. The summed E-state index contributed by atoms with van der Waals surface area (Å²) >= 11 is 3.62. The lowest BCUT2D eigenvalue weighted by molar-refractivity contribution is 0.408. The van der Waals surface area contributed by atoms with E-state index >= 15 is 0 Å². The quantitative estimate of drug-likeness (QED) is 0.818. The third kappa shape index (κ3) is 1.61. The summed E-state index contributed by atoms with van der Waals surface area (Å²) in [4.78, 5) is 0. The van der Waals surface area contributed by atoms with Gasteiger partial charge in [-0.2, -0.15) is 0 Å². The van der Waals surface area contributed by atoms with Crippen molar-refractivity contribution >= 4 is 15.9 Å². The van der Waals surface area contributed by atoms with Crippen molar-refractivity contribution in [1.82, 2.24) is 0 Å². The van der Waals surface area contributed by atoms with Gasteiger partial charge in [0.05, 0.1) is 0 Å². The summed E-state index contributed by atoms with van der Waals surface area (Å²) in [5, 5.41) is 0. The summed E-state index contributed by atoms with van der Waals surface area (Å²) in [6.45, 7) is 3.08. The highest BCUT2D eigenvalue weighted by Crippen LogP contribution is 2.38. The molecule has 2 N–H and O–H groups in total. The van der Waals surface area contributed by atoms with Crippen LogP contribution in [0.1, 0.15) is 30.4 Å². The third-order valence-corrected chi connectivity index (χ3v) is 4.09. The van der Waals surface area contributed by atoms with Crippen LogP contribution in [-0.4, -0.2) is 6.54 Å². The fraction of sp³-hybridized carbons (Fsp3) is 0.500. The average molecular weight is 254 g/mol. The Bertz CT molecular complexity index is 335. The molecule has 2 atom stereocenters. The van der Waals surface area contributed by atoms with Crippen molar-refractivity contribution in [3.8, 4) is 0 Å². The van der Waals surface area contributed by atoms with Crippen LogP contribution in [0.5, 0.6) is 0 Å². The van der Waals surface area contributed by atoms with Gasteiger partial charge in [-0.15, -0.1) is 0 Å². The molecule has 1 aromatic carbocycles. The van der Waals surface area contributed by atoms with Gasteiger partial charge < -0.3 is 5.73 Å². The van der Waals surface area contributed by atoms with Gasteiger partial charge in [0.2, 0.25) is 0 Å². The van der Waals surface area contributed by atoms with Crippen molar-refractivity contribution in [1.29, 1.82) is 0 Å². The molecule has 1 aliphatic rings. The molecular formula is C12H16BrN. The Hall–Kier alpha value is -0.340. The molecule has 2 heteroatoms. The second kappa shape index (κ2) is 4.03. The molecule has 1 aromatic rings. The lowest BCUT2D eigenvalue weighted by Gasteiger charge is -2.31. The molecule has 0 saturated carbocycles. The number of fused-ring (bicyclic) bond motifs is 1. The van der Waals surface area contributed by atoms with Crippen molar-refractivity contribution in [3.63, 3.8) is 0 Å². The Labute approximate surface area is 93.8 Å². The van der Waals surface area contributed by atoms with Gasteiger partial charge in [-0.25, -0.2) is 0 Å². The van der Waals surface area contributed by atoms with E-state index in [0.717, 1.165) is 12.5 Å². The summed E-state index contributed by atoms with van der Waals surface area (Å²) in [6, 6.07) is 6.47. The van der Waals surface area contributed by atoms with Crippen LogP contribution >= 0.6 is 15.9 Å². The minimum absolute atomic E-state index is 0.552. The average Bonchev–Trinajstić information content (AvgIpc) is 2.18. The molecule has 0 aromatic heterocycles. The molecule has 0 heterocycles. The van der Waals surface area contributed by atoms with Gasteiger partial charge in [0.1, 0.15) is 0 Å². The van der Waals surface area contributed by atoms with E-state index in [1.54, 1.807) is 0 Å². The molecule has 0 saturated heterocycles. The van der Waals surface area contributed by atoms with Gasteiger partial charge in [-0.1, -0.05) is 35.0 Å². The number of halogens is 1. The maximum Gasteiger partial charge on any atom is 0.0210 e. The van der Waals surface area contributed by atoms with Gasteiger partial charge in [0, 0.05) is 4.47 Å². The number of rotatable bonds is 1. The molecule has 2 rings (SSSR count). The fourth-order valence-electron chi connectivity index (χ4n) is 2.43. The molecule has 0 aliphatic heterocycles. The van der Waals surface area contributed by atoms with Crippen LogP contribution < -0.4 is 5.73 Å². The van der Waals surface area contributed by atoms with Gasteiger partial charge in [0.15, 0.2) is 0 Å². The highest BCUT2D eigenvalue weighted by Gasteiger charge is 2.26. The Kier molecular flexibility index (Phi) is 2.93. The predicted octanol–water partition coefficient (Wildman–Crippen LogP) is 3.07. The van der Waals surface area contributed by atoms with E-state index in [9.17, 15) is 0 Å². The van der Waals surface area contributed by atoms with Crippen molar-refractivity contribution in [2.45, 2.75) is 25.7 Å². The van der Waals surface area contributed by atoms with Crippen LogP contribution in [0.4, 0.5) is 0 Å². The minimum atomic E-state index is 0.552. The monoisotopic (exact) mass is 253 g/mol. The summed E-state index contributed by atoms with van der Waals surface area (Å²) in [7, 11) is 0. The molecule has 2 unspecified atom stereocenters. The van der Waals surface area contributed by atoms with E-state index < -0.39 is 0 Å². The Morgan fingerprint density at radius 2 is 2.29 bits per heavy atom. The minimum Gasteiger partial charge on any atom is -0.330 e. The molecule has 76 valence electrons. The summed E-state index contributed by atoms with van der Waals surface area (Å²) in [6.07, 6.45) is 2.45. The first-order valence-electron chi connectivity index (χ1n) is 5.21. The number of nitrogens with two attached hydrogens (primary N) is 1. The van der Waals surface area contributed by atoms with Crippen LogP contribution in [0.2, 0.25) is 0 Å². The predicted molar refractivity (Wildman–Crippen MR) is 63.4 cm³/mol. The van der Waals surface area contributed by atoms with E-state index in [4.69, 9.17) is 5.73 Å². The van der Waals surface area contributed by atoms with Crippen molar-refractivity contribution < 1.29 is 0 Å². The second-order valence-electron chi connectivity index (χ2n) is 4.17. The number of benzene rings is 1. The standard InChI is InChI=1S/C12H16BrN/c1-8-5-6-10-9(11(8)7-14)3-2-4-12(10)13/h2-4,8,11H,5-7,14H2,1H3. The van der Waals surface area contributed by atoms with Crippen molar-refractivity contribution in [3.05, 3.63) is 33.8 Å². The maximum absolute atomic E-state index is 5.84. The van der Waals surface area contributed by atoms with Crippen LogP contribution in [0.15, 0.2) is 22.7 Å². The van der Waals surface area contributed by atoms with E-state index in [0.29, 0.717) is 5.92 Å². The summed E-state index contributed by atoms with van der Waals surface area (Å²) in [5.41, 5.74) is 8.78. The molecule has 1 nitrogen and oxygen atoms in total. The van der Waals surface area contributed by atoms with Crippen LogP contribution in [-0.2, 0) is 6.42 Å². The van der Waals surface area contributed by atoms with Crippen LogP contribution in [0.25, 0.3) is 0 Å². The smallest absolute Gasteiger partial charge is 0.0210 e. The lowest BCUT2D eigenvalue weighted by atomic mass is 9.76. The molecule has 1 aliphatic carbocycles. The normalized spacial score (nSPS) is 25.9. The Morgan fingerprint density at radius 3 is 3.00 bits per heavy atom. The second-order valence-corrected chi connectivity index (χ2v) is 5.02. The highest BCUT2D eigenvalue weighted by atomic mass is 79.9. The van der Waals surface area contributed by atoms with Gasteiger partial charge in [-0.05, 0) is 48.4 Å². The van der Waals surface area contributed by atoms with Crippen LogP contribution in [0, 0.1) is 5.92 Å². The number of hydrogen-bond donors (Lipinski definition) is 1. The van der Waals surface area contributed by atoms with Gasteiger partial charge >= 0.3 is 0 Å². The van der Waals surface area contributed by atoms with E-state index in [1.165, 1.54) is 28.4 Å². The highest BCUT2D eigenvalue weighted by molar-refractivity contribution is 9.10. The molecule has 0 amide bonds. The van der Waals surface area contributed by atoms with Crippen LogP contribution in [0.3, 0.4) is 0 Å². The lowest BCUT2D eigenvalue weighted by Crippen LogP contribution is -2.25. The first-order valence-corrected chi connectivity index (χ1v) is 6.00. The molecule has 0 radical (unpaired) electrons. The van der Waals surface area contributed by atoms with Crippen molar-refractivity contribution in [2.24, 2.45) is 11.7 Å². The molecule has 14 heavy (non-hydrogen) atoms. The van der Waals surface area contributed by atoms with Crippen molar-refractivity contribution in [2.75, 3.05) is 6.54 Å². The van der Waals surface area contributed by atoms with E-state index in [1.807, 2.05) is 0 Å². The first-order chi connectivity index (χ1) is 6.74. The molecule has 0 spiro atoms. The Balaban J connectivity index is 2.46. The third-order valence-electron chi connectivity index (χ3n) is 3.35. The van der Waals surface area contributed by atoms with Gasteiger partial charge in [-0.3, -0.25) is 0 Å². The molecular weight excluding hydrogens is 238 g/mol. The van der Waals surface area contributed by atoms with Gasteiger partial charge in [0.25, 0.3) is 0 Å². The van der Waals surface area contributed by atoms with E-state index in [-0.39, 0.29) is 0 Å². The largest absolute Gasteiger partial charge is 0.330 e. The zero-order chi connectivity index (χ0) is 10.1. The summed E-state index contributed by atoms with van der Waals surface area (Å²) in [5.74, 6) is 1.28.